The summed E-state index contributed by atoms with van der Waals surface area (Å²) in [6, 6.07) is 13.2. The Kier molecular flexibility index (Phi) is 4.57. The molecular weight excluding hydrogens is 310 g/mol. The van der Waals surface area contributed by atoms with Gasteiger partial charge in [-0.2, -0.15) is 4.98 Å². The first-order valence-corrected chi connectivity index (χ1v) is 9.36. The van der Waals surface area contributed by atoms with E-state index >= 15 is 0 Å². The maximum Gasteiger partial charge on any atom is 0.222 e. The Labute approximate surface area is 149 Å². The molecule has 25 heavy (non-hydrogen) atoms. The number of hydrogen-bond acceptors (Lipinski definition) is 5. The van der Waals surface area contributed by atoms with Gasteiger partial charge in [-0.05, 0) is 43.6 Å². The van der Waals surface area contributed by atoms with Crippen molar-refractivity contribution in [2.75, 3.05) is 23.7 Å². The zero-order valence-corrected chi connectivity index (χ0v) is 14.6. The minimum absolute atomic E-state index is 0.318. The predicted octanol–water partition coefficient (Wildman–Crippen LogP) is 2.72. The van der Waals surface area contributed by atoms with Crippen molar-refractivity contribution in [3.63, 3.8) is 0 Å². The van der Waals surface area contributed by atoms with Gasteiger partial charge in [-0.1, -0.05) is 30.3 Å². The van der Waals surface area contributed by atoms with Crippen LogP contribution in [0, 0.1) is 5.92 Å². The lowest BCUT2D eigenvalue weighted by Crippen LogP contribution is -2.37. The molecule has 0 spiro atoms. The van der Waals surface area contributed by atoms with Gasteiger partial charge in [0.15, 0.2) is 0 Å². The van der Waals surface area contributed by atoms with Crippen LogP contribution in [0.5, 0.6) is 0 Å². The van der Waals surface area contributed by atoms with Crippen LogP contribution < -0.4 is 16.4 Å². The predicted molar refractivity (Wildman–Crippen MR) is 101 cm³/mol. The molecule has 1 saturated heterocycles. The van der Waals surface area contributed by atoms with Gasteiger partial charge >= 0.3 is 0 Å². The molecule has 0 bridgehead atoms. The number of anilines is 2. The maximum atomic E-state index is 5.97. The summed E-state index contributed by atoms with van der Waals surface area (Å²) in [6.45, 7) is 2.08. The van der Waals surface area contributed by atoms with Gasteiger partial charge in [-0.3, -0.25) is 0 Å². The lowest BCUT2D eigenvalue weighted by molar-refractivity contribution is 0.345. The molecule has 0 unspecified atom stereocenters. The summed E-state index contributed by atoms with van der Waals surface area (Å²) in [5.41, 5.74) is 14.4. The molecular formula is C20H27N5. The minimum atomic E-state index is 0.318. The third-order valence-corrected chi connectivity index (χ3v) is 5.65. The quantitative estimate of drug-likeness (QED) is 0.896. The summed E-state index contributed by atoms with van der Waals surface area (Å²) in [7, 11) is 0. The summed E-state index contributed by atoms with van der Waals surface area (Å²) in [6.07, 6.45) is 5.58. The Hall–Kier alpha value is -2.14. The lowest BCUT2D eigenvalue weighted by Gasteiger charge is -2.35. The van der Waals surface area contributed by atoms with Gasteiger partial charge in [0.25, 0.3) is 0 Å². The molecule has 2 aromatic rings. The van der Waals surface area contributed by atoms with Crippen LogP contribution in [0.15, 0.2) is 36.4 Å². The molecule has 1 aromatic carbocycles. The second-order valence-corrected chi connectivity index (χ2v) is 7.56. The average molecular weight is 337 g/mol. The average Bonchev–Trinajstić information content (AvgIpc) is 2.60. The third-order valence-electron chi connectivity index (χ3n) is 5.65. The zero-order valence-electron chi connectivity index (χ0n) is 14.6. The maximum absolute atomic E-state index is 5.97. The Bertz CT molecular complexity index is 703. The zero-order chi connectivity index (χ0) is 17.2. The SMILES string of the molecule is Nc1nc(C2CC(N)C2)cc(N2CCC(Cc3ccccc3)CC2)n1. The molecule has 5 heteroatoms. The van der Waals surface area contributed by atoms with Crippen molar-refractivity contribution in [3.8, 4) is 0 Å². The van der Waals surface area contributed by atoms with Crippen molar-refractivity contribution in [3.05, 3.63) is 47.7 Å². The van der Waals surface area contributed by atoms with Crippen molar-refractivity contribution in [2.24, 2.45) is 11.7 Å². The molecule has 4 rings (SSSR count). The van der Waals surface area contributed by atoms with Gasteiger partial charge in [0.1, 0.15) is 5.82 Å². The molecule has 2 fully saturated rings. The van der Waals surface area contributed by atoms with Gasteiger partial charge < -0.3 is 16.4 Å². The Morgan fingerprint density at radius 3 is 2.44 bits per heavy atom. The van der Waals surface area contributed by atoms with E-state index in [1.165, 1.54) is 24.8 Å². The fourth-order valence-electron chi connectivity index (χ4n) is 4.06. The fourth-order valence-corrected chi connectivity index (χ4v) is 4.06. The molecule has 1 saturated carbocycles. The first kappa shape index (κ1) is 16.3. The van der Waals surface area contributed by atoms with E-state index in [9.17, 15) is 0 Å². The standard InChI is InChI=1S/C20H27N5/c21-17-11-16(12-17)18-13-19(24-20(22)23-18)25-8-6-15(7-9-25)10-14-4-2-1-3-5-14/h1-5,13,15-17H,6-12,21H2,(H2,22,23,24). The number of rotatable bonds is 4. The van der Waals surface area contributed by atoms with Crippen LogP contribution >= 0.6 is 0 Å². The van der Waals surface area contributed by atoms with Gasteiger partial charge in [0.2, 0.25) is 5.95 Å². The highest BCUT2D eigenvalue weighted by Gasteiger charge is 2.30. The van der Waals surface area contributed by atoms with Crippen molar-refractivity contribution < 1.29 is 0 Å². The number of hydrogen-bond donors (Lipinski definition) is 2. The van der Waals surface area contributed by atoms with Crippen LogP contribution in [0.25, 0.3) is 0 Å². The smallest absolute Gasteiger partial charge is 0.222 e. The van der Waals surface area contributed by atoms with Crippen molar-refractivity contribution in [1.82, 2.24) is 9.97 Å². The van der Waals surface area contributed by atoms with Crippen LogP contribution in [-0.4, -0.2) is 29.1 Å². The monoisotopic (exact) mass is 337 g/mol. The largest absolute Gasteiger partial charge is 0.368 e. The summed E-state index contributed by atoms with van der Waals surface area (Å²) in [5, 5.41) is 0. The van der Waals surface area contributed by atoms with Crippen LogP contribution in [-0.2, 0) is 6.42 Å². The van der Waals surface area contributed by atoms with Crippen LogP contribution in [0.2, 0.25) is 0 Å². The molecule has 132 valence electrons. The molecule has 0 radical (unpaired) electrons. The highest BCUT2D eigenvalue weighted by Crippen LogP contribution is 2.36. The Morgan fingerprint density at radius 1 is 1.04 bits per heavy atom. The molecule has 1 aromatic heterocycles. The van der Waals surface area contributed by atoms with E-state index in [1.807, 2.05) is 0 Å². The first-order chi connectivity index (χ1) is 12.2. The minimum Gasteiger partial charge on any atom is -0.368 e. The summed E-state index contributed by atoms with van der Waals surface area (Å²) < 4.78 is 0. The molecule has 0 amide bonds. The molecule has 1 aliphatic carbocycles. The topological polar surface area (TPSA) is 81.1 Å². The number of nitrogen functional groups attached to an aromatic ring is 1. The van der Waals surface area contributed by atoms with E-state index < -0.39 is 0 Å². The van der Waals surface area contributed by atoms with E-state index in [1.54, 1.807) is 0 Å². The van der Waals surface area contributed by atoms with Crippen molar-refractivity contribution in [1.29, 1.82) is 0 Å². The third kappa shape index (κ3) is 3.76. The second-order valence-electron chi connectivity index (χ2n) is 7.56. The molecule has 2 heterocycles. The number of nitrogens with two attached hydrogens (primary N) is 2. The number of nitrogens with zero attached hydrogens (tertiary/aromatic N) is 3. The number of piperidine rings is 1. The number of aromatic nitrogens is 2. The van der Waals surface area contributed by atoms with Crippen molar-refractivity contribution in [2.45, 2.75) is 44.1 Å². The van der Waals surface area contributed by atoms with Crippen LogP contribution in [0.3, 0.4) is 0 Å². The Balaban J connectivity index is 1.39. The normalized spacial score (nSPS) is 24.1. The van der Waals surface area contributed by atoms with Crippen molar-refractivity contribution >= 4 is 11.8 Å². The molecule has 1 aliphatic heterocycles. The first-order valence-electron chi connectivity index (χ1n) is 9.36. The summed E-state index contributed by atoms with van der Waals surface area (Å²) in [4.78, 5) is 11.3. The molecule has 0 atom stereocenters. The van der Waals surface area contributed by atoms with Gasteiger partial charge in [0.05, 0.1) is 5.69 Å². The van der Waals surface area contributed by atoms with E-state index in [0.29, 0.717) is 17.9 Å². The lowest BCUT2D eigenvalue weighted by atomic mass is 9.78. The molecule has 4 N–H and O–H groups in total. The van der Waals surface area contributed by atoms with E-state index in [-0.39, 0.29) is 0 Å². The number of benzene rings is 1. The van der Waals surface area contributed by atoms with Gasteiger partial charge in [-0.25, -0.2) is 4.98 Å². The molecule has 2 aliphatic rings. The highest BCUT2D eigenvalue weighted by molar-refractivity contribution is 5.45. The highest BCUT2D eigenvalue weighted by atomic mass is 15.2. The van der Waals surface area contributed by atoms with Gasteiger partial charge in [-0.15, -0.1) is 0 Å². The van der Waals surface area contributed by atoms with Crippen LogP contribution in [0.4, 0.5) is 11.8 Å². The Morgan fingerprint density at radius 2 is 1.76 bits per heavy atom. The van der Waals surface area contributed by atoms with E-state index in [2.05, 4.69) is 51.3 Å². The fraction of sp³-hybridized carbons (Fsp3) is 0.500. The van der Waals surface area contributed by atoms with E-state index in [4.69, 9.17) is 11.5 Å². The summed E-state index contributed by atoms with van der Waals surface area (Å²) in [5.74, 6) is 2.58. The van der Waals surface area contributed by atoms with Gasteiger partial charge in [0, 0.05) is 31.1 Å². The molecule has 5 nitrogen and oxygen atoms in total. The van der Waals surface area contributed by atoms with E-state index in [0.717, 1.165) is 43.4 Å². The van der Waals surface area contributed by atoms with Crippen LogP contribution in [0.1, 0.15) is 42.9 Å². The second kappa shape index (κ2) is 7.00. The summed E-state index contributed by atoms with van der Waals surface area (Å²) >= 11 is 0.